The number of hydrogen-bond acceptors (Lipinski definition) is 5. The number of carbonyl (C=O) groups excluding carboxylic acids is 2. The first-order chi connectivity index (χ1) is 9.35. The third kappa shape index (κ3) is 4.14. The molecule has 20 heavy (non-hydrogen) atoms. The van der Waals surface area contributed by atoms with Gasteiger partial charge in [-0.25, -0.2) is 0 Å². The second kappa shape index (κ2) is 6.05. The van der Waals surface area contributed by atoms with Gasteiger partial charge in [0, 0.05) is 0 Å². The van der Waals surface area contributed by atoms with Crippen LogP contribution < -0.4 is 0 Å². The van der Waals surface area contributed by atoms with Crippen molar-refractivity contribution in [3.05, 3.63) is 35.9 Å². The molecule has 2 atom stereocenters. The molecule has 1 fully saturated rings. The molecule has 1 aromatic rings. The number of hydroxylamine groups is 2. The van der Waals surface area contributed by atoms with Gasteiger partial charge in [-0.2, -0.15) is 0 Å². The molecule has 0 spiro atoms. The molecule has 1 amide bonds. The maximum absolute atomic E-state index is 11.8. The fraction of sp³-hybridized carbons (Fsp3) is 0.273. The van der Waals surface area contributed by atoms with Crippen molar-refractivity contribution in [2.24, 2.45) is 0 Å². The summed E-state index contributed by atoms with van der Waals surface area (Å²) in [7, 11) is -4.68. The van der Waals surface area contributed by atoms with Crippen molar-refractivity contribution in [3.63, 3.8) is 0 Å². The van der Waals surface area contributed by atoms with Crippen molar-refractivity contribution in [2.45, 2.75) is 11.1 Å². The minimum absolute atomic E-state index is 0.0149. The van der Waals surface area contributed by atoms with E-state index < -0.39 is 36.8 Å². The summed E-state index contributed by atoms with van der Waals surface area (Å²) in [6.45, 7) is 0.0269. The summed E-state index contributed by atoms with van der Waals surface area (Å²) in [5.41, 5.74) is 0.888. The molecule has 0 bridgehead atoms. The van der Waals surface area contributed by atoms with Gasteiger partial charge in [0.15, 0.2) is 0 Å². The molecule has 2 rings (SSSR count). The molecule has 2 unspecified atom stereocenters. The second-order valence-corrected chi connectivity index (χ2v) is 8.43. The topological polar surface area (TPSA) is 101 Å². The van der Waals surface area contributed by atoms with Gasteiger partial charge in [0.05, 0.1) is 0 Å². The van der Waals surface area contributed by atoms with E-state index in [9.17, 15) is 18.0 Å². The summed E-state index contributed by atoms with van der Waals surface area (Å²) in [4.78, 5) is 23.4. The van der Waals surface area contributed by atoms with Crippen LogP contribution in [0.2, 0.25) is 4.71 Å². The fourth-order valence-electron chi connectivity index (χ4n) is 1.71. The minimum atomic E-state index is -4.68. The number of hydrogen-bond donors (Lipinski definition) is 1. The standard InChI is InChI=1S/C11H12AsNO6S/c14-10(6-8-4-2-1-3-5-8)12-9-7-13(11(9)15)19-20(16,17)18/h1-5,9,12H,6-7H2,(H,16,17,18). The molecule has 9 heteroatoms. The Kier molecular flexibility index (Phi) is 4.59. The molecule has 1 saturated heterocycles. The average molecular weight is 361 g/mol. The van der Waals surface area contributed by atoms with Crippen LogP contribution in [0.15, 0.2) is 30.3 Å². The normalized spacial score (nSPS) is 19.4. The van der Waals surface area contributed by atoms with Crippen LogP contribution in [0.5, 0.6) is 0 Å². The molecular formula is C11H12AsNO6S. The van der Waals surface area contributed by atoms with Crippen molar-refractivity contribution in [3.8, 4) is 0 Å². The van der Waals surface area contributed by atoms with Gasteiger partial charge in [-0.05, 0) is 0 Å². The third-order valence-electron chi connectivity index (χ3n) is 2.62. The molecule has 1 aliphatic rings. The van der Waals surface area contributed by atoms with Gasteiger partial charge in [0.2, 0.25) is 0 Å². The number of rotatable bonds is 6. The zero-order chi connectivity index (χ0) is 14.8. The Bertz CT molecular complexity index is 617. The summed E-state index contributed by atoms with van der Waals surface area (Å²) >= 11 is -1.18. The van der Waals surface area contributed by atoms with Crippen molar-refractivity contribution >= 4 is 36.6 Å². The molecule has 1 aromatic carbocycles. The number of carbonyl (C=O) groups is 2. The summed E-state index contributed by atoms with van der Waals surface area (Å²) in [5.74, 6) is -0.566. The maximum atomic E-state index is 11.8. The van der Waals surface area contributed by atoms with Crippen molar-refractivity contribution in [2.75, 3.05) is 6.54 Å². The molecule has 0 aliphatic carbocycles. The quantitative estimate of drug-likeness (QED) is 0.419. The number of β-lactam (4-membered cyclic amide) rings is 1. The average Bonchev–Trinajstić information content (AvgIpc) is 2.37. The van der Waals surface area contributed by atoms with E-state index in [1.165, 1.54) is 0 Å². The second-order valence-electron chi connectivity index (χ2n) is 4.18. The Morgan fingerprint density at radius 3 is 2.60 bits per heavy atom. The van der Waals surface area contributed by atoms with Crippen molar-refractivity contribution in [1.82, 2.24) is 5.06 Å². The molecular weight excluding hydrogens is 349 g/mol. The van der Waals surface area contributed by atoms with Gasteiger partial charge in [-0.1, -0.05) is 0 Å². The Hall–Kier alpha value is -1.21. The molecule has 108 valence electrons. The van der Waals surface area contributed by atoms with E-state index in [4.69, 9.17) is 4.55 Å². The van der Waals surface area contributed by atoms with Crippen LogP contribution in [0.3, 0.4) is 0 Å². The first-order valence-corrected chi connectivity index (χ1v) is 9.29. The van der Waals surface area contributed by atoms with Crippen LogP contribution in [-0.2, 0) is 30.7 Å². The molecule has 7 nitrogen and oxygen atoms in total. The van der Waals surface area contributed by atoms with Gasteiger partial charge in [-0.3, -0.25) is 0 Å². The summed E-state index contributed by atoms with van der Waals surface area (Å²) in [6, 6.07) is 9.18. The van der Waals surface area contributed by atoms with E-state index in [2.05, 4.69) is 4.28 Å². The van der Waals surface area contributed by atoms with Gasteiger partial charge in [0.1, 0.15) is 0 Å². The monoisotopic (exact) mass is 361 g/mol. The van der Waals surface area contributed by atoms with E-state index in [1.54, 1.807) is 0 Å². The van der Waals surface area contributed by atoms with Gasteiger partial charge >= 0.3 is 122 Å². The van der Waals surface area contributed by atoms with E-state index in [0.29, 0.717) is 5.06 Å². The molecule has 0 aromatic heterocycles. The third-order valence-corrected chi connectivity index (χ3v) is 5.67. The number of amides is 1. The van der Waals surface area contributed by atoms with Crippen LogP contribution in [-0.4, -0.2) is 50.8 Å². The number of nitrogens with zero attached hydrogens (tertiary/aromatic N) is 1. The zero-order valence-electron chi connectivity index (χ0n) is 10.2. The van der Waals surface area contributed by atoms with Crippen molar-refractivity contribution < 1.29 is 26.8 Å². The predicted molar refractivity (Wildman–Crippen MR) is 70.4 cm³/mol. The van der Waals surface area contributed by atoms with Crippen LogP contribution in [0.1, 0.15) is 5.56 Å². The molecule has 0 saturated carbocycles. The Balaban J connectivity index is 1.81. The fourth-order valence-corrected chi connectivity index (χ4v) is 4.63. The van der Waals surface area contributed by atoms with Crippen molar-refractivity contribution in [1.29, 1.82) is 0 Å². The Morgan fingerprint density at radius 1 is 1.40 bits per heavy atom. The Morgan fingerprint density at radius 2 is 2.05 bits per heavy atom. The molecule has 0 radical (unpaired) electrons. The summed E-state index contributed by atoms with van der Waals surface area (Å²) in [6.07, 6.45) is 0.282. The van der Waals surface area contributed by atoms with E-state index in [1.807, 2.05) is 30.3 Å². The summed E-state index contributed by atoms with van der Waals surface area (Å²) in [5, 5.41) is 0.555. The Labute approximate surface area is 122 Å². The van der Waals surface area contributed by atoms with Gasteiger partial charge in [0.25, 0.3) is 0 Å². The zero-order valence-corrected chi connectivity index (χ0v) is 13.1. The van der Waals surface area contributed by atoms with E-state index in [-0.39, 0.29) is 17.5 Å². The van der Waals surface area contributed by atoms with Crippen LogP contribution in [0.4, 0.5) is 0 Å². The number of benzene rings is 1. The van der Waals surface area contributed by atoms with Crippen LogP contribution in [0, 0.1) is 0 Å². The molecule has 1 N–H and O–H groups in total. The van der Waals surface area contributed by atoms with E-state index >= 15 is 0 Å². The first kappa shape index (κ1) is 15.2. The van der Waals surface area contributed by atoms with Gasteiger partial charge in [-0.15, -0.1) is 0 Å². The predicted octanol–water partition coefficient (Wildman–Crippen LogP) is -0.443. The summed E-state index contributed by atoms with van der Waals surface area (Å²) < 4.78 is 32.9. The molecule has 1 aliphatic heterocycles. The van der Waals surface area contributed by atoms with Crippen LogP contribution >= 0.6 is 0 Å². The molecule has 1 heterocycles. The van der Waals surface area contributed by atoms with Gasteiger partial charge < -0.3 is 0 Å². The SMILES string of the molecule is O=C(Cc1ccccc1)[AsH]C1CN(OS(=O)(=O)O)C1=O. The first-order valence-electron chi connectivity index (χ1n) is 5.67. The van der Waals surface area contributed by atoms with Crippen LogP contribution in [0.25, 0.3) is 0 Å². The van der Waals surface area contributed by atoms with E-state index in [0.717, 1.165) is 5.56 Å².